The molecule has 0 saturated carbocycles. The molecule has 1 aromatic carbocycles. The first-order valence-corrected chi connectivity index (χ1v) is 6.58. The van der Waals surface area contributed by atoms with Crippen LogP contribution in [0.15, 0.2) is 24.3 Å². The van der Waals surface area contributed by atoms with Crippen LogP contribution in [0.4, 0.5) is 18.9 Å². The molecular weight excluding hydrogens is 253 g/mol. The number of alkyl halides is 3. The van der Waals surface area contributed by atoms with Crippen LogP contribution in [0.2, 0.25) is 0 Å². The zero-order valence-corrected chi connectivity index (χ0v) is 11.0. The monoisotopic (exact) mass is 272 g/mol. The van der Waals surface area contributed by atoms with E-state index in [4.69, 9.17) is 0 Å². The molecule has 0 radical (unpaired) electrons. The van der Waals surface area contributed by atoms with Gasteiger partial charge in [-0.15, -0.1) is 0 Å². The molecule has 5 heteroatoms. The van der Waals surface area contributed by atoms with E-state index in [-0.39, 0.29) is 11.7 Å². The quantitative estimate of drug-likeness (QED) is 0.885. The zero-order chi connectivity index (χ0) is 13.9. The second kappa shape index (κ2) is 5.82. The Morgan fingerprint density at radius 1 is 1.16 bits per heavy atom. The molecule has 106 valence electrons. The van der Waals surface area contributed by atoms with Gasteiger partial charge in [-0.05, 0) is 51.5 Å². The summed E-state index contributed by atoms with van der Waals surface area (Å²) in [7, 11) is 2.05. The van der Waals surface area contributed by atoms with Crippen LogP contribution in [0, 0.1) is 0 Å². The minimum Gasteiger partial charge on any atom is -0.382 e. The molecule has 0 amide bonds. The van der Waals surface area contributed by atoms with Crippen molar-refractivity contribution < 1.29 is 13.2 Å². The van der Waals surface area contributed by atoms with E-state index >= 15 is 0 Å². The lowest BCUT2D eigenvalue weighted by Crippen LogP contribution is -2.24. The van der Waals surface area contributed by atoms with Crippen LogP contribution in [0.5, 0.6) is 0 Å². The van der Waals surface area contributed by atoms with Crippen LogP contribution in [0.3, 0.4) is 0 Å². The molecule has 0 spiro atoms. The van der Waals surface area contributed by atoms with Gasteiger partial charge in [0.1, 0.15) is 0 Å². The van der Waals surface area contributed by atoms with Crippen molar-refractivity contribution in [3.05, 3.63) is 29.8 Å². The molecule has 0 bridgehead atoms. The summed E-state index contributed by atoms with van der Waals surface area (Å²) >= 11 is 0. The number of para-hydroxylation sites is 1. The molecule has 1 atom stereocenters. The smallest absolute Gasteiger partial charge is 0.382 e. The van der Waals surface area contributed by atoms with E-state index in [0.717, 1.165) is 38.4 Å². The fourth-order valence-corrected chi connectivity index (χ4v) is 2.46. The van der Waals surface area contributed by atoms with Crippen LogP contribution in [-0.2, 0) is 6.18 Å². The van der Waals surface area contributed by atoms with E-state index in [0.29, 0.717) is 0 Å². The Hall–Kier alpha value is -1.23. The van der Waals surface area contributed by atoms with E-state index in [2.05, 4.69) is 10.2 Å². The molecule has 1 aliphatic rings. The maximum absolute atomic E-state index is 12.9. The van der Waals surface area contributed by atoms with Gasteiger partial charge in [0.15, 0.2) is 0 Å². The Kier molecular flexibility index (Phi) is 4.34. The Morgan fingerprint density at radius 2 is 1.89 bits per heavy atom. The first kappa shape index (κ1) is 14.2. The van der Waals surface area contributed by atoms with Crippen molar-refractivity contribution in [3.8, 4) is 0 Å². The van der Waals surface area contributed by atoms with Gasteiger partial charge in [0, 0.05) is 11.7 Å². The second-order valence-corrected chi connectivity index (χ2v) is 5.12. The number of anilines is 1. The van der Waals surface area contributed by atoms with Crippen LogP contribution in [-0.4, -0.2) is 31.1 Å². The lowest BCUT2D eigenvalue weighted by atomic mass is 10.1. The highest BCUT2D eigenvalue weighted by Gasteiger charge is 2.33. The predicted octanol–water partition coefficient (Wildman–Crippen LogP) is 3.60. The molecule has 1 unspecified atom stereocenters. The van der Waals surface area contributed by atoms with E-state index < -0.39 is 11.7 Å². The van der Waals surface area contributed by atoms with Crippen LogP contribution in [0.25, 0.3) is 0 Å². The number of rotatable bonds is 2. The van der Waals surface area contributed by atoms with Gasteiger partial charge < -0.3 is 10.2 Å². The van der Waals surface area contributed by atoms with Crippen molar-refractivity contribution in [1.29, 1.82) is 0 Å². The summed E-state index contributed by atoms with van der Waals surface area (Å²) in [6.45, 7) is 1.94. The molecule has 1 fully saturated rings. The first-order valence-electron chi connectivity index (χ1n) is 6.58. The molecule has 1 N–H and O–H groups in total. The van der Waals surface area contributed by atoms with Crippen LogP contribution >= 0.6 is 0 Å². The normalized spacial score (nSPS) is 22.0. The minimum atomic E-state index is -4.30. The van der Waals surface area contributed by atoms with Gasteiger partial charge in [0.2, 0.25) is 0 Å². The number of benzene rings is 1. The topological polar surface area (TPSA) is 15.3 Å². The highest BCUT2D eigenvalue weighted by Crippen LogP contribution is 2.35. The molecule has 0 aliphatic carbocycles. The maximum atomic E-state index is 12.9. The Labute approximate surface area is 111 Å². The molecule has 1 saturated heterocycles. The third kappa shape index (κ3) is 3.86. The number of likely N-dealkylation sites (tertiary alicyclic amines) is 1. The first-order chi connectivity index (χ1) is 8.97. The number of halogens is 3. The van der Waals surface area contributed by atoms with Gasteiger partial charge in [-0.3, -0.25) is 0 Å². The van der Waals surface area contributed by atoms with Gasteiger partial charge >= 0.3 is 6.18 Å². The van der Waals surface area contributed by atoms with Crippen molar-refractivity contribution in [2.24, 2.45) is 0 Å². The van der Waals surface area contributed by atoms with E-state index in [1.165, 1.54) is 12.1 Å². The van der Waals surface area contributed by atoms with Crippen molar-refractivity contribution in [3.63, 3.8) is 0 Å². The lowest BCUT2D eigenvalue weighted by molar-refractivity contribution is -0.137. The second-order valence-electron chi connectivity index (χ2n) is 5.12. The minimum absolute atomic E-state index is 0.119. The summed E-state index contributed by atoms with van der Waals surface area (Å²) in [4.78, 5) is 2.22. The summed E-state index contributed by atoms with van der Waals surface area (Å²) in [6.07, 6.45) is -1.49. The number of hydrogen-bond acceptors (Lipinski definition) is 2. The fraction of sp³-hybridized carbons (Fsp3) is 0.571. The van der Waals surface area contributed by atoms with Gasteiger partial charge in [-0.2, -0.15) is 13.2 Å². The molecule has 0 aromatic heterocycles. The highest BCUT2D eigenvalue weighted by atomic mass is 19.4. The molecule has 1 aliphatic heterocycles. The number of hydrogen-bond donors (Lipinski definition) is 1. The standard InChI is InChI=1S/C14H19F3N2/c1-19-9-4-5-11(8-10-19)18-13-7-3-2-6-12(13)14(15,16)17/h2-3,6-7,11,18H,4-5,8-10H2,1H3. The van der Waals surface area contributed by atoms with Crippen molar-refractivity contribution in [2.75, 3.05) is 25.5 Å². The average Bonchev–Trinajstić information content (AvgIpc) is 2.54. The Balaban J connectivity index is 2.10. The summed E-state index contributed by atoms with van der Waals surface area (Å²) in [6, 6.07) is 5.83. The largest absolute Gasteiger partial charge is 0.418 e. The van der Waals surface area contributed by atoms with Crippen LogP contribution < -0.4 is 5.32 Å². The van der Waals surface area contributed by atoms with E-state index in [1.807, 2.05) is 7.05 Å². The summed E-state index contributed by atoms with van der Waals surface area (Å²) < 4.78 is 38.7. The molecule has 19 heavy (non-hydrogen) atoms. The lowest BCUT2D eigenvalue weighted by Gasteiger charge is -2.21. The van der Waals surface area contributed by atoms with Gasteiger partial charge in [0.25, 0.3) is 0 Å². The van der Waals surface area contributed by atoms with Crippen LogP contribution in [0.1, 0.15) is 24.8 Å². The third-order valence-corrected chi connectivity index (χ3v) is 3.54. The van der Waals surface area contributed by atoms with Crippen molar-refractivity contribution >= 4 is 5.69 Å². The predicted molar refractivity (Wildman–Crippen MR) is 70.2 cm³/mol. The van der Waals surface area contributed by atoms with E-state index in [9.17, 15) is 13.2 Å². The molecule has 2 nitrogen and oxygen atoms in total. The van der Waals surface area contributed by atoms with Crippen molar-refractivity contribution in [1.82, 2.24) is 4.90 Å². The van der Waals surface area contributed by atoms with Gasteiger partial charge in [-0.1, -0.05) is 12.1 Å². The molecule has 1 aromatic rings. The molecule has 1 heterocycles. The highest BCUT2D eigenvalue weighted by molar-refractivity contribution is 5.53. The summed E-state index contributed by atoms with van der Waals surface area (Å²) in [5, 5.41) is 3.07. The molecule has 2 rings (SSSR count). The SMILES string of the molecule is CN1CCCC(Nc2ccccc2C(F)(F)F)CC1. The zero-order valence-electron chi connectivity index (χ0n) is 11.0. The maximum Gasteiger partial charge on any atom is 0.418 e. The number of nitrogens with zero attached hydrogens (tertiary/aromatic N) is 1. The van der Waals surface area contributed by atoms with E-state index in [1.54, 1.807) is 6.07 Å². The Morgan fingerprint density at radius 3 is 2.63 bits per heavy atom. The number of nitrogens with one attached hydrogen (secondary N) is 1. The fourth-order valence-electron chi connectivity index (χ4n) is 2.46. The Bertz CT molecular complexity index is 417. The summed E-state index contributed by atoms with van der Waals surface area (Å²) in [5.74, 6) is 0. The molecular formula is C14H19F3N2. The average molecular weight is 272 g/mol. The van der Waals surface area contributed by atoms with Gasteiger partial charge in [-0.25, -0.2) is 0 Å². The summed E-state index contributed by atoms with van der Waals surface area (Å²) in [5.41, 5.74) is -0.378. The van der Waals surface area contributed by atoms with Gasteiger partial charge in [0.05, 0.1) is 5.56 Å². The third-order valence-electron chi connectivity index (χ3n) is 3.54. The van der Waals surface area contributed by atoms with Crippen molar-refractivity contribution in [2.45, 2.75) is 31.5 Å².